The molecule has 0 saturated carbocycles. The third-order valence-corrected chi connectivity index (χ3v) is 6.30. The van der Waals surface area contributed by atoms with Crippen molar-refractivity contribution in [3.05, 3.63) is 75.8 Å². The molecule has 10 heteroatoms. The van der Waals surface area contributed by atoms with Gasteiger partial charge < -0.3 is 10.4 Å². The van der Waals surface area contributed by atoms with Crippen molar-refractivity contribution in [2.75, 3.05) is 11.9 Å². The molecule has 0 aliphatic carbocycles. The molecule has 0 amide bonds. The SMILES string of the molecule is Cc1cc(C(C)Nc2ccc(Cl)nc2-c2cncnc2)c2c(c1)c(=O)n(C)c1c2cnn1CCO. The Morgan fingerprint density at radius 1 is 1.14 bits per heavy atom. The Hall–Kier alpha value is -3.82. The van der Waals surface area contributed by atoms with Crippen LogP contribution in [-0.4, -0.2) is 41.0 Å². The first-order valence-corrected chi connectivity index (χ1v) is 11.5. The highest BCUT2D eigenvalue weighted by Crippen LogP contribution is 2.34. The number of halogens is 1. The van der Waals surface area contributed by atoms with E-state index in [-0.39, 0.29) is 18.2 Å². The van der Waals surface area contributed by atoms with Crippen LogP contribution in [0.2, 0.25) is 5.15 Å². The Morgan fingerprint density at radius 3 is 2.66 bits per heavy atom. The van der Waals surface area contributed by atoms with Gasteiger partial charge in [0.25, 0.3) is 5.56 Å². The number of benzene rings is 1. The minimum atomic E-state index is -0.194. The molecule has 5 aromatic rings. The van der Waals surface area contributed by atoms with Crippen molar-refractivity contribution in [3.63, 3.8) is 0 Å². The topological polar surface area (TPSA) is 111 Å². The van der Waals surface area contributed by atoms with E-state index in [2.05, 4.69) is 31.4 Å². The van der Waals surface area contributed by atoms with Crippen LogP contribution in [0.4, 0.5) is 5.69 Å². The van der Waals surface area contributed by atoms with Crippen LogP contribution >= 0.6 is 11.6 Å². The van der Waals surface area contributed by atoms with Gasteiger partial charge in [0, 0.05) is 47.2 Å². The zero-order chi connectivity index (χ0) is 24.7. The van der Waals surface area contributed by atoms with Gasteiger partial charge in [-0.05, 0) is 43.2 Å². The zero-order valence-electron chi connectivity index (χ0n) is 19.5. The average Bonchev–Trinajstić information content (AvgIpc) is 3.27. The Bertz CT molecular complexity index is 1610. The molecule has 0 aliphatic rings. The lowest BCUT2D eigenvalue weighted by molar-refractivity contribution is 0.271. The first kappa shape index (κ1) is 22.9. The highest BCUT2D eigenvalue weighted by Gasteiger charge is 2.20. The fraction of sp³-hybridized carbons (Fsp3) is 0.240. The fourth-order valence-corrected chi connectivity index (χ4v) is 4.72. The van der Waals surface area contributed by atoms with Gasteiger partial charge in [0.1, 0.15) is 17.1 Å². The van der Waals surface area contributed by atoms with Crippen molar-refractivity contribution in [2.45, 2.75) is 26.4 Å². The summed E-state index contributed by atoms with van der Waals surface area (Å²) in [7, 11) is 1.73. The number of nitrogens with one attached hydrogen (secondary N) is 1. The number of rotatable bonds is 6. The predicted molar refractivity (Wildman–Crippen MR) is 137 cm³/mol. The van der Waals surface area contributed by atoms with Gasteiger partial charge in [0.2, 0.25) is 0 Å². The summed E-state index contributed by atoms with van der Waals surface area (Å²) < 4.78 is 3.26. The second-order valence-corrected chi connectivity index (χ2v) is 8.88. The number of nitrogens with zero attached hydrogens (tertiary/aromatic N) is 6. The Morgan fingerprint density at radius 2 is 1.91 bits per heavy atom. The number of aromatic nitrogens is 6. The van der Waals surface area contributed by atoms with Crippen LogP contribution < -0.4 is 10.9 Å². The van der Waals surface area contributed by atoms with Gasteiger partial charge in [0.05, 0.1) is 30.7 Å². The van der Waals surface area contributed by atoms with Crippen LogP contribution in [0, 0.1) is 6.92 Å². The van der Waals surface area contributed by atoms with Crippen LogP contribution in [0.1, 0.15) is 24.1 Å². The van der Waals surface area contributed by atoms with E-state index in [0.717, 1.165) is 33.2 Å². The Kier molecular flexibility index (Phi) is 5.96. The van der Waals surface area contributed by atoms with Gasteiger partial charge in [-0.3, -0.25) is 9.36 Å². The standard InChI is InChI=1S/C25H24ClN7O2/c1-14-8-17(15(2)30-20-4-5-21(26)31-23(20)16-10-27-13-28-11-16)22-18(9-14)25(35)32(3)24-19(22)12-29-33(24)6-7-34/h4-5,8-13,15,30,34H,6-7H2,1-3H3. The molecule has 0 radical (unpaired) electrons. The summed E-state index contributed by atoms with van der Waals surface area (Å²) >= 11 is 6.20. The summed E-state index contributed by atoms with van der Waals surface area (Å²) in [6, 6.07) is 7.40. The van der Waals surface area contributed by atoms with E-state index in [1.165, 1.54) is 6.33 Å². The molecular formula is C25H24ClN7O2. The van der Waals surface area contributed by atoms with Gasteiger partial charge in [-0.2, -0.15) is 5.10 Å². The molecule has 0 fully saturated rings. The first-order chi connectivity index (χ1) is 16.9. The number of aliphatic hydroxyl groups is 1. The summed E-state index contributed by atoms with van der Waals surface area (Å²) in [5.74, 6) is 0. The lowest BCUT2D eigenvalue weighted by atomic mass is 9.95. The van der Waals surface area contributed by atoms with Crippen LogP contribution in [-0.2, 0) is 13.6 Å². The molecule has 2 N–H and O–H groups in total. The predicted octanol–water partition coefficient (Wildman–Crippen LogP) is 3.87. The van der Waals surface area contributed by atoms with E-state index in [1.54, 1.807) is 41.0 Å². The third kappa shape index (κ3) is 4.02. The molecule has 1 unspecified atom stereocenters. The monoisotopic (exact) mass is 489 g/mol. The summed E-state index contributed by atoms with van der Waals surface area (Å²) in [5, 5.41) is 20.1. The first-order valence-electron chi connectivity index (χ1n) is 11.2. The number of aryl methyl sites for hydroxylation is 2. The number of hydrogen-bond acceptors (Lipinski definition) is 7. The highest BCUT2D eigenvalue weighted by molar-refractivity contribution is 6.29. The lowest BCUT2D eigenvalue weighted by Gasteiger charge is -2.21. The number of anilines is 1. The van der Waals surface area contributed by atoms with Crippen molar-refractivity contribution in [2.24, 2.45) is 7.05 Å². The normalized spacial score (nSPS) is 12.4. The summed E-state index contributed by atoms with van der Waals surface area (Å²) in [4.78, 5) is 26.1. The largest absolute Gasteiger partial charge is 0.394 e. The summed E-state index contributed by atoms with van der Waals surface area (Å²) in [6.07, 6.45) is 6.60. The van der Waals surface area contributed by atoms with E-state index in [1.807, 2.05) is 26.0 Å². The molecule has 9 nitrogen and oxygen atoms in total. The number of fused-ring (bicyclic) bond motifs is 3. The maximum Gasteiger partial charge on any atom is 0.259 e. The van der Waals surface area contributed by atoms with Gasteiger partial charge in [-0.1, -0.05) is 17.7 Å². The second-order valence-electron chi connectivity index (χ2n) is 8.49. The average molecular weight is 490 g/mol. The van der Waals surface area contributed by atoms with Gasteiger partial charge in [-0.15, -0.1) is 0 Å². The molecule has 0 aliphatic heterocycles. The van der Waals surface area contributed by atoms with E-state index < -0.39 is 0 Å². The zero-order valence-corrected chi connectivity index (χ0v) is 20.3. The molecule has 178 valence electrons. The molecule has 5 rings (SSSR count). The molecule has 1 atom stereocenters. The number of aliphatic hydroxyl groups excluding tert-OH is 1. The van der Waals surface area contributed by atoms with Crippen LogP contribution in [0.5, 0.6) is 0 Å². The van der Waals surface area contributed by atoms with Gasteiger partial charge in [0.15, 0.2) is 0 Å². The van der Waals surface area contributed by atoms with E-state index >= 15 is 0 Å². The van der Waals surface area contributed by atoms with Crippen molar-refractivity contribution < 1.29 is 5.11 Å². The van der Waals surface area contributed by atoms with E-state index in [9.17, 15) is 9.90 Å². The lowest BCUT2D eigenvalue weighted by Crippen LogP contribution is -2.21. The molecule has 35 heavy (non-hydrogen) atoms. The van der Waals surface area contributed by atoms with Crippen molar-refractivity contribution in [3.8, 4) is 11.3 Å². The van der Waals surface area contributed by atoms with Crippen LogP contribution in [0.3, 0.4) is 0 Å². The van der Waals surface area contributed by atoms with Crippen molar-refractivity contribution in [1.29, 1.82) is 0 Å². The second kappa shape index (κ2) is 9.09. The molecular weight excluding hydrogens is 466 g/mol. The fourth-order valence-electron chi connectivity index (χ4n) is 4.57. The Balaban J connectivity index is 1.69. The summed E-state index contributed by atoms with van der Waals surface area (Å²) in [5.41, 5.74) is 4.63. The van der Waals surface area contributed by atoms with E-state index in [4.69, 9.17) is 11.6 Å². The number of hydrogen-bond donors (Lipinski definition) is 2. The van der Waals surface area contributed by atoms with Gasteiger partial charge in [-0.25, -0.2) is 19.6 Å². The molecule has 0 saturated heterocycles. The number of pyridine rings is 2. The highest BCUT2D eigenvalue weighted by atomic mass is 35.5. The van der Waals surface area contributed by atoms with Gasteiger partial charge >= 0.3 is 0 Å². The molecule has 0 bridgehead atoms. The van der Waals surface area contributed by atoms with Crippen molar-refractivity contribution >= 4 is 39.1 Å². The third-order valence-electron chi connectivity index (χ3n) is 6.09. The van der Waals surface area contributed by atoms with Crippen LogP contribution in [0.25, 0.3) is 33.1 Å². The Labute approximate surface area is 206 Å². The summed E-state index contributed by atoms with van der Waals surface area (Å²) in [6.45, 7) is 4.24. The molecule has 0 spiro atoms. The minimum Gasteiger partial charge on any atom is -0.394 e. The maximum absolute atomic E-state index is 13.4. The van der Waals surface area contributed by atoms with E-state index in [0.29, 0.717) is 28.4 Å². The smallest absolute Gasteiger partial charge is 0.259 e. The van der Waals surface area contributed by atoms with Crippen LogP contribution in [0.15, 0.2) is 54.0 Å². The minimum absolute atomic E-state index is 0.0722. The molecule has 4 aromatic heterocycles. The quantitative estimate of drug-likeness (QED) is 0.348. The molecule has 4 heterocycles. The molecule has 1 aromatic carbocycles. The van der Waals surface area contributed by atoms with Crippen molar-refractivity contribution in [1.82, 2.24) is 29.3 Å². The maximum atomic E-state index is 13.4.